The van der Waals surface area contributed by atoms with Crippen molar-refractivity contribution in [1.29, 1.82) is 0 Å². The molecule has 0 saturated carbocycles. The molecule has 0 aliphatic heterocycles. The number of nitrogens with zero attached hydrogens (tertiary/aromatic N) is 1. The zero-order valence-corrected chi connectivity index (χ0v) is 15.8. The number of anilines is 1. The minimum absolute atomic E-state index is 0.0309. The van der Waals surface area contributed by atoms with Gasteiger partial charge in [0.2, 0.25) is 0 Å². The molecule has 2 aromatic carbocycles. The molecule has 0 saturated heterocycles. The van der Waals surface area contributed by atoms with Crippen molar-refractivity contribution < 1.29 is 14.7 Å². The van der Waals surface area contributed by atoms with E-state index in [9.17, 15) is 19.5 Å². The van der Waals surface area contributed by atoms with Crippen LogP contribution in [0, 0.1) is 0 Å². The van der Waals surface area contributed by atoms with E-state index in [1.54, 1.807) is 62.5 Å². The van der Waals surface area contributed by atoms with Crippen LogP contribution in [0.4, 0.5) is 5.69 Å². The van der Waals surface area contributed by atoms with Crippen LogP contribution in [0.15, 0.2) is 65.1 Å². The second kappa shape index (κ2) is 7.52. The van der Waals surface area contributed by atoms with Gasteiger partial charge in [0, 0.05) is 35.5 Å². The molecule has 3 rings (SSSR count). The van der Waals surface area contributed by atoms with Gasteiger partial charge in [-0.1, -0.05) is 12.1 Å². The Hall–Kier alpha value is -3.67. The monoisotopic (exact) mass is 376 g/mol. The van der Waals surface area contributed by atoms with Gasteiger partial charge in [0.1, 0.15) is 11.3 Å². The first-order valence-electron chi connectivity index (χ1n) is 8.71. The Morgan fingerprint density at radius 1 is 1.04 bits per heavy atom. The molecule has 0 amide bonds. The van der Waals surface area contributed by atoms with E-state index in [-0.39, 0.29) is 17.1 Å². The minimum Gasteiger partial charge on any atom is -0.506 e. The number of pyridine rings is 1. The number of Topliss-reactive ketones (excluding diaryl/α,β-unsaturated/α-hetero) is 1. The molecule has 0 spiro atoms. The highest BCUT2D eigenvalue weighted by Crippen LogP contribution is 2.26. The Morgan fingerprint density at radius 3 is 2.32 bits per heavy atom. The average molecular weight is 376 g/mol. The van der Waals surface area contributed by atoms with E-state index in [0.717, 1.165) is 0 Å². The van der Waals surface area contributed by atoms with E-state index in [2.05, 4.69) is 5.32 Å². The van der Waals surface area contributed by atoms with E-state index in [4.69, 9.17) is 0 Å². The van der Waals surface area contributed by atoms with Crippen molar-refractivity contribution in [2.75, 3.05) is 5.32 Å². The lowest BCUT2D eigenvalue weighted by molar-refractivity contribution is 0.101. The number of carbonyl (C=O) groups is 2. The topological polar surface area (TPSA) is 88.4 Å². The van der Waals surface area contributed by atoms with Crippen LogP contribution in [0.2, 0.25) is 0 Å². The third-order valence-corrected chi connectivity index (χ3v) is 4.50. The van der Waals surface area contributed by atoms with Crippen molar-refractivity contribution in [3.8, 4) is 5.75 Å². The molecule has 2 N–H and O–H groups in total. The molecule has 0 radical (unpaired) electrons. The summed E-state index contributed by atoms with van der Waals surface area (Å²) in [4.78, 5) is 36.6. The van der Waals surface area contributed by atoms with Gasteiger partial charge in [-0.25, -0.2) is 0 Å². The molecule has 0 bridgehead atoms. The van der Waals surface area contributed by atoms with Gasteiger partial charge in [0.15, 0.2) is 11.6 Å². The van der Waals surface area contributed by atoms with Crippen LogP contribution in [0.5, 0.6) is 5.75 Å². The number of allylic oxidation sites excluding steroid dienone is 2. The van der Waals surface area contributed by atoms with Crippen LogP contribution in [0.25, 0.3) is 10.9 Å². The number of rotatable bonds is 5. The van der Waals surface area contributed by atoms with Gasteiger partial charge >= 0.3 is 0 Å². The number of benzene rings is 2. The summed E-state index contributed by atoms with van der Waals surface area (Å²) in [6.07, 6.45) is 1.27. The zero-order chi connectivity index (χ0) is 20.4. The highest BCUT2D eigenvalue weighted by atomic mass is 16.3. The van der Waals surface area contributed by atoms with Crippen molar-refractivity contribution in [2.45, 2.75) is 13.8 Å². The van der Waals surface area contributed by atoms with Gasteiger partial charge in [-0.3, -0.25) is 14.4 Å². The normalized spacial score (nSPS) is 11.5. The quantitative estimate of drug-likeness (QED) is 0.524. The first kappa shape index (κ1) is 19.1. The molecule has 0 atom stereocenters. The molecular formula is C22H20N2O4. The Bertz CT molecular complexity index is 1170. The van der Waals surface area contributed by atoms with E-state index >= 15 is 0 Å². The van der Waals surface area contributed by atoms with Crippen LogP contribution >= 0.6 is 0 Å². The number of aryl methyl sites for hydroxylation is 1. The standard InChI is InChI=1S/C22H20N2O4/c1-13(23-16-10-8-15(9-11-16)14(2)25)12-19(26)20-21(27)17-6-4-5-7-18(17)24(3)22(20)28/h4-12,23,27H,1-3H3. The molecule has 0 aliphatic rings. The fourth-order valence-electron chi connectivity index (χ4n) is 3.02. The predicted octanol–water partition coefficient (Wildman–Crippen LogP) is 3.65. The van der Waals surface area contributed by atoms with Gasteiger partial charge in [-0.15, -0.1) is 0 Å². The maximum absolute atomic E-state index is 12.7. The van der Waals surface area contributed by atoms with E-state index < -0.39 is 11.3 Å². The zero-order valence-electron chi connectivity index (χ0n) is 15.8. The highest BCUT2D eigenvalue weighted by molar-refractivity contribution is 6.09. The summed E-state index contributed by atoms with van der Waals surface area (Å²) < 4.78 is 1.35. The van der Waals surface area contributed by atoms with E-state index in [1.165, 1.54) is 17.6 Å². The molecule has 0 aliphatic carbocycles. The van der Waals surface area contributed by atoms with Crippen LogP contribution < -0.4 is 10.9 Å². The molecule has 3 aromatic rings. The van der Waals surface area contributed by atoms with Crippen molar-refractivity contribution in [2.24, 2.45) is 7.05 Å². The second-order valence-electron chi connectivity index (χ2n) is 6.56. The SMILES string of the molecule is CC(=O)c1ccc(NC(C)=CC(=O)c2c(O)c3ccccc3n(C)c2=O)cc1. The van der Waals surface area contributed by atoms with Crippen LogP contribution in [0.3, 0.4) is 0 Å². The number of aromatic hydroxyl groups is 1. The molecular weight excluding hydrogens is 356 g/mol. The summed E-state index contributed by atoms with van der Waals surface area (Å²) in [6.45, 7) is 3.17. The van der Waals surface area contributed by atoms with Gasteiger partial charge in [0.05, 0.1) is 5.52 Å². The summed E-state index contributed by atoms with van der Waals surface area (Å²) in [6, 6.07) is 13.7. The molecule has 0 fully saturated rings. The fourth-order valence-corrected chi connectivity index (χ4v) is 3.02. The van der Waals surface area contributed by atoms with Crippen molar-refractivity contribution >= 4 is 28.2 Å². The molecule has 0 unspecified atom stereocenters. The van der Waals surface area contributed by atoms with Crippen molar-refractivity contribution in [3.63, 3.8) is 0 Å². The summed E-state index contributed by atoms with van der Waals surface area (Å²) in [7, 11) is 1.56. The molecule has 142 valence electrons. The first-order chi connectivity index (χ1) is 13.3. The lowest BCUT2D eigenvalue weighted by Crippen LogP contribution is -2.24. The highest BCUT2D eigenvalue weighted by Gasteiger charge is 2.19. The number of hydrogen-bond donors (Lipinski definition) is 2. The summed E-state index contributed by atoms with van der Waals surface area (Å²) >= 11 is 0. The van der Waals surface area contributed by atoms with Crippen LogP contribution in [-0.4, -0.2) is 21.2 Å². The molecule has 6 nitrogen and oxygen atoms in total. The maximum Gasteiger partial charge on any atom is 0.265 e. The summed E-state index contributed by atoms with van der Waals surface area (Å²) in [5.74, 6) is -0.940. The third-order valence-electron chi connectivity index (χ3n) is 4.50. The number of fused-ring (bicyclic) bond motifs is 1. The average Bonchev–Trinajstić information content (AvgIpc) is 2.66. The smallest absolute Gasteiger partial charge is 0.265 e. The summed E-state index contributed by atoms with van der Waals surface area (Å²) in [5.41, 5.74) is 1.50. The Balaban J connectivity index is 1.93. The van der Waals surface area contributed by atoms with Gasteiger partial charge < -0.3 is 15.0 Å². The number of aromatic nitrogens is 1. The van der Waals surface area contributed by atoms with Crippen molar-refractivity contribution in [3.05, 3.63) is 81.8 Å². The molecule has 28 heavy (non-hydrogen) atoms. The number of ketones is 2. The predicted molar refractivity (Wildman–Crippen MR) is 109 cm³/mol. The molecule has 1 aromatic heterocycles. The van der Waals surface area contributed by atoms with Gasteiger partial charge in [-0.2, -0.15) is 0 Å². The largest absolute Gasteiger partial charge is 0.506 e. The summed E-state index contributed by atoms with van der Waals surface area (Å²) in [5, 5.41) is 14.0. The number of nitrogens with one attached hydrogen (secondary N) is 1. The molecule has 6 heteroatoms. The lowest BCUT2D eigenvalue weighted by Gasteiger charge is -2.11. The van der Waals surface area contributed by atoms with Gasteiger partial charge in [0.25, 0.3) is 5.56 Å². The third kappa shape index (κ3) is 3.57. The minimum atomic E-state index is -0.589. The molecule has 1 heterocycles. The number of hydrogen-bond acceptors (Lipinski definition) is 5. The van der Waals surface area contributed by atoms with Gasteiger partial charge in [-0.05, 0) is 50.2 Å². The second-order valence-corrected chi connectivity index (χ2v) is 6.56. The van der Waals surface area contributed by atoms with Crippen LogP contribution in [0.1, 0.15) is 34.6 Å². The maximum atomic E-state index is 12.7. The first-order valence-corrected chi connectivity index (χ1v) is 8.71. The van der Waals surface area contributed by atoms with Crippen LogP contribution in [-0.2, 0) is 7.05 Å². The Morgan fingerprint density at radius 2 is 1.68 bits per heavy atom. The van der Waals surface area contributed by atoms with Crippen molar-refractivity contribution in [1.82, 2.24) is 4.57 Å². The number of para-hydroxylation sites is 1. The lowest BCUT2D eigenvalue weighted by atomic mass is 10.1. The van der Waals surface area contributed by atoms with E-state index in [0.29, 0.717) is 27.9 Å². The Kier molecular flexibility index (Phi) is 5.13. The number of carbonyl (C=O) groups excluding carboxylic acids is 2. The van der Waals surface area contributed by atoms with E-state index in [1.807, 2.05) is 0 Å². The fraction of sp³-hybridized carbons (Fsp3) is 0.136. The Labute approximate surface area is 161 Å².